The van der Waals surface area contributed by atoms with Gasteiger partial charge in [-0.05, 0) is 18.6 Å². The Labute approximate surface area is 114 Å². The van der Waals surface area contributed by atoms with Crippen molar-refractivity contribution in [2.75, 3.05) is 5.32 Å². The van der Waals surface area contributed by atoms with Crippen LogP contribution in [0.3, 0.4) is 0 Å². The summed E-state index contributed by atoms with van der Waals surface area (Å²) in [6, 6.07) is 4.32. The van der Waals surface area contributed by atoms with E-state index in [1.54, 1.807) is 6.92 Å². The molecule has 0 radical (unpaired) electrons. The van der Waals surface area contributed by atoms with Gasteiger partial charge in [0.1, 0.15) is 0 Å². The number of urea groups is 1. The number of hydrogen-bond acceptors (Lipinski definition) is 4. The summed E-state index contributed by atoms with van der Waals surface area (Å²) in [6.45, 7) is 1.76. The molecular formula is C12H15N3O5. The highest BCUT2D eigenvalue weighted by molar-refractivity contribution is 5.89. The van der Waals surface area contributed by atoms with Crippen LogP contribution in [-0.4, -0.2) is 28.1 Å². The molecule has 0 bridgehead atoms. The fourth-order valence-corrected chi connectivity index (χ4v) is 1.53. The van der Waals surface area contributed by atoms with Crippen molar-refractivity contribution in [2.24, 2.45) is 0 Å². The van der Waals surface area contributed by atoms with Crippen molar-refractivity contribution in [3.05, 3.63) is 34.4 Å². The molecule has 0 aliphatic heterocycles. The lowest BCUT2D eigenvalue weighted by Crippen LogP contribution is -2.38. The van der Waals surface area contributed by atoms with Crippen LogP contribution in [0, 0.1) is 10.1 Å². The van der Waals surface area contributed by atoms with Crippen LogP contribution in [0.1, 0.15) is 19.8 Å². The second-order valence-corrected chi connectivity index (χ2v) is 4.11. The van der Waals surface area contributed by atoms with Crippen LogP contribution < -0.4 is 10.6 Å². The molecule has 8 heteroatoms. The number of rotatable bonds is 6. The molecule has 3 N–H and O–H groups in total. The van der Waals surface area contributed by atoms with Crippen LogP contribution in [0.15, 0.2) is 24.3 Å². The van der Waals surface area contributed by atoms with E-state index in [2.05, 4.69) is 10.6 Å². The van der Waals surface area contributed by atoms with Gasteiger partial charge in [0.25, 0.3) is 5.69 Å². The van der Waals surface area contributed by atoms with E-state index >= 15 is 0 Å². The smallest absolute Gasteiger partial charge is 0.319 e. The van der Waals surface area contributed by atoms with Crippen LogP contribution in [0.4, 0.5) is 16.2 Å². The third kappa shape index (κ3) is 4.92. The number of nitro groups is 1. The van der Waals surface area contributed by atoms with Gasteiger partial charge in [-0.25, -0.2) is 4.79 Å². The first-order valence-electron chi connectivity index (χ1n) is 5.96. The van der Waals surface area contributed by atoms with Gasteiger partial charge < -0.3 is 15.7 Å². The Bertz CT molecular complexity index is 500. The molecule has 1 unspecified atom stereocenters. The highest BCUT2D eigenvalue weighted by atomic mass is 16.6. The zero-order valence-electron chi connectivity index (χ0n) is 10.8. The maximum Gasteiger partial charge on any atom is 0.319 e. The number of carbonyl (C=O) groups is 2. The van der Waals surface area contributed by atoms with Gasteiger partial charge in [-0.1, -0.05) is 6.92 Å². The van der Waals surface area contributed by atoms with E-state index in [1.807, 2.05) is 0 Å². The van der Waals surface area contributed by atoms with Gasteiger partial charge in [-0.15, -0.1) is 0 Å². The number of anilines is 1. The van der Waals surface area contributed by atoms with Gasteiger partial charge in [0.15, 0.2) is 0 Å². The fourth-order valence-electron chi connectivity index (χ4n) is 1.53. The summed E-state index contributed by atoms with van der Waals surface area (Å²) in [5.41, 5.74) is 0.312. The molecule has 2 amide bonds. The SMILES string of the molecule is CCC(CC(=O)O)NC(=O)Nc1ccc([N+](=O)[O-])cc1. The monoisotopic (exact) mass is 281 g/mol. The van der Waals surface area contributed by atoms with Crippen molar-refractivity contribution in [1.29, 1.82) is 0 Å². The lowest BCUT2D eigenvalue weighted by atomic mass is 10.1. The van der Waals surface area contributed by atoms with E-state index in [4.69, 9.17) is 5.11 Å². The molecule has 1 aromatic rings. The van der Waals surface area contributed by atoms with Gasteiger partial charge in [0.05, 0.1) is 11.3 Å². The molecule has 0 spiro atoms. The standard InChI is InChI=1S/C12H15N3O5/c1-2-8(7-11(16)17)13-12(18)14-9-3-5-10(6-4-9)15(19)20/h3-6,8H,2,7H2,1H3,(H,16,17)(H2,13,14,18). The summed E-state index contributed by atoms with van der Waals surface area (Å²) in [4.78, 5) is 32.1. The van der Waals surface area contributed by atoms with Gasteiger partial charge in [0.2, 0.25) is 0 Å². The number of carboxylic acid groups (broad SMARTS) is 1. The van der Waals surface area contributed by atoms with Crippen LogP contribution in [-0.2, 0) is 4.79 Å². The average Bonchev–Trinajstić information content (AvgIpc) is 2.37. The predicted octanol–water partition coefficient (Wildman–Crippen LogP) is 1.97. The van der Waals surface area contributed by atoms with Crippen LogP contribution in [0.5, 0.6) is 0 Å². The van der Waals surface area contributed by atoms with Gasteiger partial charge >= 0.3 is 12.0 Å². The Balaban J connectivity index is 2.57. The number of carbonyl (C=O) groups excluding carboxylic acids is 1. The molecule has 1 rings (SSSR count). The first-order valence-corrected chi connectivity index (χ1v) is 5.96. The third-order valence-corrected chi connectivity index (χ3v) is 2.59. The lowest BCUT2D eigenvalue weighted by molar-refractivity contribution is -0.384. The number of hydrogen-bond donors (Lipinski definition) is 3. The molecule has 1 aromatic carbocycles. The fraction of sp³-hybridized carbons (Fsp3) is 0.333. The van der Waals surface area contributed by atoms with Gasteiger partial charge in [-0.3, -0.25) is 14.9 Å². The Kier molecular flexibility index (Phi) is 5.45. The first kappa shape index (κ1) is 15.4. The summed E-state index contributed by atoms with van der Waals surface area (Å²) in [5, 5.41) is 24.1. The molecule has 0 aliphatic carbocycles. The quantitative estimate of drug-likeness (QED) is 0.543. The molecule has 108 valence electrons. The molecule has 1 atom stereocenters. The molecule has 0 aliphatic rings. The first-order chi connectivity index (χ1) is 9.42. The zero-order chi connectivity index (χ0) is 15.1. The Hall–Kier alpha value is -2.64. The van der Waals surface area contributed by atoms with Crippen molar-refractivity contribution >= 4 is 23.4 Å². The molecule has 20 heavy (non-hydrogen) atoms. The summed E-state index contributed by atoms with van der Waals surface area (Å²) >= 11 is 0. The number of non-ortho nitro benzene ring substituents is 1. The van der Waals surface area contributed by atoms with Crippen LogP contribution in [0.25, 0.3) is 0 Å². The van der Waals surface area contributed by atoms with Crippen LogP contribution >= 0.6 is 0 Å². The lowest BCUT2D eigenvalue weighted by Gasteiger charge is -2.15. The zero-order valence-corrected chi connectivity index (χ0v) is 10.8. The highest BCUT2D eigenvalue weighted by Gasteiger charge is 2.14. The Morgan fingerprint density at radius 1 is 1.35 bits per heavy atom. The maximum absolute atomic E-state index is 11.6. The molecule has 0 fully saturated rings. The molecule has 0 saturated carbocycles. The number of carboxylic acids is 1. The highest BCUT2D eigenvalue weighted by Crippen LogP contribution is 2.15. The van der Waals surface area contributed by atoms with E-state index in [1.165, 1.54) is 24.3 Å². The molecule has 8 nitrogen and oxygen atoms in total. The Morgan fingerprint density at radius 3 is 2.40 bits per heavy atom. The summed E-state index contributed by atoms with van der Waals surface area (Å²) in [6.07, 6.45) is 0.324. The minimum absolute atomic E-state index is 0.0757. The van der Waals surface area contributed by atoms with E-state index in [0.29, 0.717) is 12.1 Å². The number of nitro benzene ring substituents is 1. The number of benzene rings is 1. The summed E-state index contributed by atoms with van der Waals surface area (Å²) in [5.74, 6) is -0.993. The number of nitrogens with zero attached hydrogens (tertiary/aromatic N) is 1. The third-order valence-electron chi connectivity index (χ3n) is 2.59. The number of nitrogens with one attached hydrogen (secondary N) is 2. The normalized spacial score (nSPS) is 11.4. The largest absolute Gasteiger partial charge is 0.481 e. The van der Waals surface area contributed by atoms with E-state index in [0.717, 1.165) is 0 Å². The average molecular weight is 281 g/mol. The molecule has 0 saturated heterocycles. The van der Waals surface area contributed by atoms with E-state index in [-0.39, 0.29) is 12.1 Å². The van der Waals surface area contributed by atoms with Crippen molar-refractivity contribution in [3.8, 4) is 0 Å². The predicted molar refractivity (Wildman–Crippen MR) is 71.6 cm³/mol. The van der Waals surface area contributed by atoms with Crippen molar-refractivity contribution < 1.29 is 19.6 Å². The van der Waals surface area contributed by atoms with Crippen molar-refractivity contribution in [2.45, 2.75) is 25.8 Å². The number of amides is 2. The molecule has 0 heterocycles. The van der Waals surface area contributed by atoms with Crippen molar-refractivity contribution in [1.82, 2.24) is 5.32 Å². The minimum atomic E-state index is -0.993. The second-order valence-electron chi connectivity index (χ2n) is 4.11. The van der Waals surface area contributed by atoms with E-state index < -0.39 is 23.0 Å². The van der Waals surface area contributed by atoms with E-state index in [9.17, 15) is 19.7 Å². The second kappa shape index (κ2) is 7.07. The summed E-state index contributed by atoms with van der Waals surface area (Å²) in [7, 11) is 0. The molecule has 0 aromatic heterocycles. The van der Waals surface area contributed by atoms with Crippen molar-refractivity contribution in [3.63, 3.8) is 0 Å². The number of aliphatic carboxylic acids is 1. The van der Waals surface area contributed by atoms with Gasteiger partial charge in [0, 0.05) is 23.9 Å². The van der Waals surface area contributed by atoms with Crippen LogP contribution in [0.2, 0.25) is 0 Å². The topological polar surface area (TPSA) is 122 Å². The summed E-state index contributed by atoms with van der Waals surface area (Å²) < 4.78 is 0. The maximum atomic E-state index is 11.6. The minimum Gasteiger partial charge on any atom is -0.481 e. The van der Waals surface area contributed by atoms with Gasteiger partial charge in [-0.2, -0.15) is 0 Å². The molecular weight excluding hydrogens is 266 g/mol. The Morgan fingerprint density at radius 2 is 1.95 bits per heavy atom.